The van der Waals surface area contributed by atoms with Crippen LogP contribution in [0.5, 0.6) is 0 Å². The van der Waals surface area contributed by atoms with Crippen molar-refractivity contribution in [3.05, 3.63) is 40.8 Å². The van der Waals surface area contributed by atoms with Crippen LogP contribution in [0.2, 0.25) is 0 Å². The van der Waals surface area contributed by atoms with Gasteiger partial charge in [0, 0.05) is 12.4 Å². The molecule has 1 amide bonds. The number of hydrogen-bond donors (Lipinski definition) is 2. The minimum absolute atomic E-state index is 0.383. The molecule has 0 unspecified atom stereocenters. The molecule has 6 heteroatoms. The molecule has 5 nitrogen and oxygen atoms in total. The molecule has 0 aliphatic heterocycles. The molecule has 0 atom stereocenters. The summed E-state index contributed by atoms with van der Waals surface area (Å²) in [5.74, 6) is -1.45. The summed E-state index contributed by atoms with van der Waals surface area (Å²) in [4.78, 5) is 23.7. The van der Waals surface area contributed by atoms with Gasteiger partial charge in [-0.25, -0.2) is 4.79 Å². The number of rotatable bonds is 4. The van der Waals surface area contributed by atoms with Crippen LogP contribution in [0.15, 0.2) is 36.0 Å². The molecule has 0 saturated heterocycles. The van der Waals surface area contributed by atoms with E-state index in [1.807, 2.05) is 35.2 Å². The molecule has 0 radical (unpaired) electrons. The van der Waals surface area contributed by atoms with E-state index in [0.717, 1.165) is 5.69 Å². The molecule has 2 heterocycles. The van der Waals surface area contributed by atoms with Gasteiger partial charge >= 0.3 is 5.97 Å². The average molecular weight is 278 g/mol. The maximum absolute atomic E-state index is 12.2. The van der Waals surface area contributed by atoms with E-state index in [0.29, 0.717) is 4.88 Å². The van der Waals surface area contributed by atoms with E-state index in [-0.39, 0.29) is 5.91 Å². The van der Waals surface area contributed by atoms with Crippen molar-refractivity contribution in [1.82, 2.24) is 9.88 Å². The molecule has 0 aliphatic rings. The first-order valence-electron chi connectivity index (χ1n) is 5.68. The van der Waals surface area contributed by atoms with Crippen molar-refractivity contribution in [2.45, 2.75) is 19.4 Å². The number of aliphatic carboxylic acids is 1. The summed E-state index contributed by atoms with van der Waals surface area (Å²) in [7, 11) is 0. The Kier molecular flexibility index (Phi) is 3.44. The molecular formula is C13H14N2O3S. The van der Waals surface area contributed by atoms with Crippen molar-refractivity contribution in [2.75, 3.05) is 0 Å². The average Bonchev–Trinajstić information content (AvgIpc) is 2.99. The zero-order chi connectivity index (χ0) is 14.0. The first kappa shape index (κ1) is 13.4. The summed E-state index contributed by atoms with van der Waals surface area (Å²) in [5, 5.41) is 13.3. The predicted octanol–water partition coefficient (Wildman–Crippen LogP) is 2.13. The van der Waals surface area contributed by atoms with Gasteiger partial charge in [0.2, 0.25) is 0 Å². The Bertz CT molecular complexity index is 599. The number of carbonyl (C=O) groups is 2. The quantitative estimate of drug-likeness (QED) is 0.900. The highest BCUT2D eigenvalue weighted by molar-refractivity contribution is 7.12. The molecule has 2 rings (SSSR count). The number of amides is 1. The second-order valence-corrected chi connectivity index (χ2v) is 5.53. The number of carboxylic acid groups (broad SMARTS) is 1. The first-order chi connectivity index (χ1) is 8.92. The van der Waals surface area contributed by atoms with Crippen LogP contribution in [0.1, 0.15) is 23.5 Å². The second kappa shape index (κ2) is 4.89. The smallest absolute Gasteiger partial charge is 0.328 e. The molecule has 0 saturated carbocycles. The van der Waals surface area contributed by atoms with E-state index in [2.05, 4.69) is 5.32 Å². The Morgan fingerprint density at radius 3 is 2.53 bits per heavy atom. The summed E-state index contributed by atoms with van der Waals surface area (Å²) in [6.45, 7) is 2.91. The van der Waals surface area contributed by atoms with Gasteiger partial charge in [-0.1, -0.05) is 0 Å². The number of carbonyl (C=O) groups excluding carboxylic acids is 1. The lowest BCUT2D eigenvalue weighted by molar-refractivity contribution is -0.143. The van der Waals surface area contributed by atoms with Crippen LogP contribution in [0, 0.1) is 0 Å². The molecule has 0 aliphatic carbocycles. The number of aromatic nitrogens is 1. The molecule has 0 aromatic carbocycles. The fourth-order valence-electron chi connectivity index (χ4n) is 1.56. The van der Waals surface area contributed by atoms with Gasteiger partial charge in [-0.3, -0.25) is 4.79 Å². The lowest BCUT2D eigenvalue weighted by atomic mass is 10.1. The topological polar surface area (TPSA) is 71.3 Å². The van der Waals surface area contributed by atoms with Crippen molar-refractivity contribution in [3.63, 3.8) is 0 Å². The molecule has 2 aromatic rings. The lowest BCUT2D eigenvalue weighted by Gasteiger charge is -2.20. The normalized spacial score (nSPS) is 11.3. The third-order valence-electron chi connectivity index (χ3n) is 2.69. The first-order valence-corrected chi connectivity index (χ1v) is 6.56. The summed E-state index contributed by atoms with van der Waals surface area (Å²) >= 11 is 1.28. The van der Waals surface area contributed by atoms with E-state index in [1.54, 1.807) is 5.38 Å². The number of hydrogen-bond acceptors (Lipinski definition) is 3. The van der Waals surface area contributed by atoms with Crippen LogP contribution < -0.4 is 5.32 Å². The Hall–Kier alpha value is -2.08. The number of thiophene rings is 1. The summed E-state index contributed by atoms with van der Waals surface area (Å²) < 4.78 is 1.82. The standard InChI is InChI=1S/C13H14N2O3S/c1-13(2,12(17)18)14-11(16)10-9(5-8-19-10)15-6-3-4-7-15/h3-8H,1-2H3,(H,14,16)(H,17,18). The Morgan fingerprint density at radius 1 is 1.32 bits per heavy atom. The largest absolute Gasteiger partial charge is 0.480 e. The molecule has 19 heavy (non-hydrogen) atoms. The third kappa shape index (κ3) is 2.68. The molecule has 100 valence electrons. The van der Waals surface area contributed by atoms with Crippen molar-refractivity contribution < 1.29 is 14.7 Å². The van der Waals surface area contributed by atoms with Gasteiger partial charge in [0.05, 0.1) is 5.69 Å². The monoisotopic (exact) mass is 278 g/mol. The molecule has 0 bridgehead atoms. The van der Waals surface area contributed by atoms with Crippen LogP contribution in [-0.4, -0.2) is 27.1 Å². The van der Waals surface area contributed by atoms with E-state index in [4.69, 9.17) is 5.11 Å². The fraction of sp³-hybridized carbons (Fsp3) is 0.231. The van der Waals surface area contributed by atoms with Crippen molar-refractivity contribution in [2.24, 2.45) is 0 Å². The van der Waals surface area contributed by atoms with E-state index < -0.39 is 11.5 Å². The third-order valence-corrected chi connectivity index (χ3v) is 3.60. The van der Waals surface area contributed by atoms with Gasteiger partial charge in [-0.15, -0.1) is 11.3 Å². The number of nitrogens with zero attached hydrogens (tertiary/aromatic N) is 1. The van der Waals surface area contributed by atoms with Crippen LogP contribution in [0.25, 0.3) is 5.69 Å². The zero-order valence-electron chi connectivity index (χ0n) is 10.6. The lowest BCUT2D eigenvalue weighted by Crippen LogP contribution is -2.49. The van der Waals surface area contributed by atoms with Crippen LogP contribution in [0.4, 0.5) is 0 Å². The van der Waals surface area contributed by atoms with Gasteiger partial charge in [0.25, 0.3) is 5.91 Å². The molecule has 2 N–H and O–H groups in total. The van der Waals surface area contributed by atoms with Crippen molar-refractivity contribution >= 4 is 23.2 Å². The highest BCUT2D eigenvalue weighted by Crippen LogP contribution is 2.22. The van der Waals surface area contributed by atoms with E-state index >= 15 is 0 Å². The van der Waals surface area contributed by atoms with Crippen LogP contribution >= 0.6 is 11.3 Å². The minimum Gasteiger partial charge on any atom is -0.480 e. The Morgan fingerprint density at radius 2 is 1.95 bits per heavy atom. The highest BCUT2D eigenvalue weighted by atomic mass is 32.1. The zero-order valence-corrected chi connectivity index (χ0v) is 11.4. The van der Waals surface area contributed by atoms with Crippen LogP contribution in [0.3, 0.4) is 0 Å². The second-order valence-electron chi connectivity index (χ2n) is 4.61. The highest BCUT2D eigenvalue weighted by Gasteiger charge is 2.30. The summed E-state index contributed by atoms with van der Waals surface area (Å²) in [6, 6.07) is 5.55. The van der Waals surface area contributed by atoms with Gasteiger partial charge in [-0.05, 0) is 37.4 Å². The fourth-order valence-corrected chi connectivity index (χ4v) is 2.35. The van der Waals surface area contributed by atoms with Crippen LogP contribution in [-0.2, 0) is 4.79 Å². The molecule has 0 fully saturated rings. The summed E-state index contributed by atoms with van der Waals surface area (Å²) in [5.41, 5.74) is -0.552. The van der Waals surface area contributed by atoms with Gasteiger partial charge < -0.3 is 15.0 Å². The number of nitrogens with one attached hydrogen (secondary N) is 1. The minimum atomic E-state index is -1.30. The summed E-state index contributed by atoms with van der Waals surface area (Å²) in [6.07, 6.45) is 3.67. The van der Waals surface area contributed by atoms with Crippen molar-refractivity contribution in [1.29, 1.82) is 0 Å². The molecule has 0 spiro atoms. The van der Waals surface area contributed by atoms with Gasteiger partial charge in [-0.2, -0.15) is 0 Å². The van der Waals surface area contributed by atoms with Gasteiger partial charge in [0.1, 0.15) is 10.4 Å². The van der Waals surface area contributed by atoms with E-state index in [9.17, 15) is 9.59 Å². The molecular weight excluding hydrogens is 264 g/mol. The molecule has 2 aromatic heterocycles. The maximum Gasteiger partial charge on any atom is 0.328 e. The van der Waals surface area contributed by atoms with E-state index in [1.165, 1.54) is 25.2 Å². The Balaban J connectivity index is 2.27. The number of carboxylic acids is 1. The Labute approximate surface area is 114 Å². The SMILES string of the molecule is CC(C)(NC(=O)c1sccc1-n1cccc1)C(=O)O. The van der Waals surface area contributed by atoms with Crippen molar-refractivity contribution in [3.8, 4) is 5.69 Å². The maximum atomic E-state index is 12.2. The van der Waals surface area contributed by atoms with Gasteiger partial charge in [0.15, 0.2) is 0 Å². The predicted molar refractivity (Wildman–Crippen MR) is 72.8 cm³/mol.